The molecule has 246 valence electrons. The molecule has 0 saturated carbocycles. The Hall–Kier alpha value is -4.64. The molecule has 1 aliphatic rings. The summed E-state index contributed by atoms with van der Waals surface area (Å²) >= 11 is 0. The van der Waals surface area contributed by atoms with Gasteiger partial charge in [-0.3, -0.25) is 4.57 Å². The summed E-state index contributed by atoms with van der Waals surface area (Å²) in [5.74, 6) is 4.46. The summed E-state index contributed by atoms with van der Waals surface area (Å²) in [5, 5.41) is 7.52. The zero-order chi connectivity index (χ0) is 33.7. The van der Waals surface area contributed by atoms with Gasteiger partial charge in [0.05, 0.1) is 22.4 Å². The largest absolute Gasteiger partial charge is 0.457 e. The number of aryl methyl sites for hydroxylation is 1. The standard InChI is InChI=1S/C43H48N4O/c1-26(2)20-32-18-19-44-41(21-32)46-39-15-10-9-14-37(39)38-17-16-35(25-40(38)46)48-36-23-33(27(3)4)22-34(24-36)47-31(8)43(30(7)45-47)42-28(5)12-11-13-29(42)6/h9-10,12,14-19,21-27,29,42H,11,13,20H2,1-8H3/t29?,42-/m0/s1. The third-order valence-electron chi connectivity index (χ3n) is 10.2. The maximum atomic E-state index is 6.75. The number of allylic oxidation sites excluding steroid dienone is 2. The summed E-state index contributed by atoms with van der Waals surface area (Å²) in [6, 6.07) is 26.0. The number of nitrogens with zero attached hydrogens (tertiary/aromatic N) is 4. The van der Waals surface area contributed by atoms with Gasteiger partial charge in [-0.25, -0.2) is 9.67 Å². The number of fused-ring (bicyclic) bond motifs is 3. The molecule has 0 radical (unpaired) electrons. The predicted octanol–water partition coefficient (Wildman–Crippen LogP) is 11.6. The zero-order valence-electron chi connectivity index (χ0n) is 29.7. The summed E-state index contributed by atoms with van der Waals surface area (Å²) in [5.41, 5.74) is 10.9. The number of hydrogen-bond donors (Lipinski definition) is 0. The first-order valence-corrected chi connectivity index (χ1v) is 17.6. The molecular formula is C43H48N4O. The van der Waals surface area contributed by atoms with Gasteiger partial charge in [0.1, 0.15) is 17.3 Å². The van der Waals surface area contributed by atoms with Crippen molar-refractivity contribution in [3.8, 4) is 23.0 Å². The molecule has 0 saturated heterocycles. The van der Waals surface area contributed by atoms with E-state index in [1.54, 1.807) is 0 Å². The highest BCUT2D eigenvalue weighted by Gasteiger charge is 2.29. The van der Waals surface area contributed by atoms with Crippen molar-refractivity contribution < 1.29 is 4.74 Å². The molecule has 1 unspecified atom stereocenters. The number of hydrogen-bond acceptors (Lipinski definition) is 3. The number of ether oxygens (including phenoxy) is 1. The lowest BCUT2D eigenvalue weighted by molar-refractivity contribution is 0.447. The Kier molecular flexibility index (Phi) is 8.49. The van der Waals surface area contributed by atoms with E-state index in [-0.39, 0.29) is 0 Å². The maximum absolute atomic E-state index is 6.75. The van der Waals surface area contributed by atoms with Crippen LogP contribution in [-0.2, 0) is 6.42 Å². The summed E-state index contributed by atoms with van der Waals surface area (Å²) < 4.78 is 11.2. The number of benzene rings is 3. The molecule has 5 nitrogen and oxygen atoms in total. The van der Waals surface area contributed by atoms with Gasteiger partial charge in [-0.15, -0.1) is 0 Å². The number of rotatable bonds is 8. The van der Waals surface area contributed by atoms with Crippen molar-refractivity contribution in [3.63, 3.8) is 0 Å². The first-order valence-electron chi connectivity index (χ1n) is 17.6. The molecule has 0 fully saturated rings. The molecule has 0 amide bonds. The van der Waals surface area contributed by atoms with Crippen LogP contribution >= 0.6 is 0 Å². The Balaban J connectivity index is 1.31. The van der Waals surface area contributed by atoms with Crippen LogP contribution in [0.1, 0.15) is 94.3 Å². The van der Waals surface area contributed by atoms with Crippen molar-refractivity contribution >= 4 is 21.8 Å². The van der Waals surface area contributed by atoms with Crippen LogP contribution in [0.5, 0.6) is 11.5 Å². The fourth-order valence-corrected chi connectivity index (χ4v) is 7.88. The first kappa shape index (κ1) is 31.9. The Morgan fingerprint density at radius 2 is 1.65 bits per heavy atom. The minimum absolute atomic E-state index is 0.335. The van der Waals surface area contributed by atoms with Crippen molar-refractivity contribution in [2.45, 2.75) is 86.5 Å². The highest BCUT2D eigenvalue weighted by Crippen LogP contribution is 2.42. The summed E-state index contributed by atoms with van der Waals surface area (Å²) in [4.78, 5) is 4.85. The Bertz CT molecular complexity index is 2160. The Labute approximate surface area is 285 Å². The summed E-state index contributed by atoms with van der Waals surface area (Å²) in [6.45, 7) is 18.0. The second-order valence-electron chi connectivity index (χ2n) is 14.6. The fourth-order valence-electron chi connectivity index (χ4n) is 7.88. The van der Waals surface area contributed by atoms with E-state index < -0.39 is 0 Å². The van der Waals surface area contributed by atoms with Gasteiger partial charge in [-0.1, -0.05) is 64.5 Å². The van der Waals surface area contributed by atoms with Crippen molar-refractivity contribution in [2.75, 3.05) is 0 Å². The van der Waals surface area contributed by atoms with Crippen LogP contribution in [0.2, 0.25) is 0 Å². The van der Waals surface area contributed by atoms with Gasteiger partial charge >= 0.3 is 0 Å². The van der Waals surface area contributed by atoms with Crippen molar-refractivity contribution in [1.82, 2.24) is 19.3 Å². The summed E-state index contributed by atoms with van der Waals surface area (Å²) in [6.07, 6.45) is 7.75. The molecule has 0 N–H and O–H groups in total. The smallest absolute Gasteiger partial charge is 0.137 e. The fraction of sp³-hybridized carbons (Fsp3) is 0.349. The topological polar surface area (TPSA) is 44.9 Å². The molecule has 1 aliphatic carbocycles. The van der Waals surface area contributed by atoms with Gasteiger partial charge in [0.15, 0.2) is 0 Å². The van der Waals surface area contributed by atoms with Crippen LogP contribution in [0.4, 0.5) is 0 Å². The zero-order valence-corrected chi connectivity index (χ0v) is 29.7. The number of para-hydroxylation sites is 1. The quantitative estimate of drug-likeness (QED) is 0.156. The minimum atomic E-state index is 0.335. The molecule has 6 aromatic rings. The molecule has 3 heterocycles. The predicted molar refractivity (Wildman–Crippen MR) is 199 cm³/mol. The molecule has 0 bridgehead atoms. The Morgan fingerprint density at radius 1 is 0.854 bits per heavy atom. The van der Waals surface area contributed by atoms with Crippen LogP contribution in [-0.4, -0.2) is 19.3 Å². The lowest BCUT2D eigenvalue weighted by atomic mass is 9.75. The third kappa shape index (κ3) is 5.85. The SMILES string of the molecule is CC1=CCCC(C)[C@H]1c1c(C)nn(-c2cc(Oc3ccc4c5ccccc5n(-c5cc(CC(C)C)ccn5)c4c3)cc(C(C)C)c2)c1C. The van der Waals surface area contributed by atoms with Gasteiger partial charge in [0.2, 0.25) is 0 Å². The van der Waals surface area contributed by atoms with Crippen molar-refractivity contribution in [1.29, 1.82) is 0 Å². The molecule has 48 heavy (non-hydrogen) atoms. The van der Waals surface area contributed by atoms with Gasteiger partial charge < -0.3 is 4.74 Å². The minimum Gasteiger partial charge on any atom is -0.457 e. The van der Waals surface area contributed by atoms with E-state index in [1.807, 2.05) is 6.20 Å². The molecule has 0 aliphatic heterocycles. The lowest BCUT2D eigenvalue weighted by Gasteiger charge is -2.29. The number of pyridine rings is 1. The van der Waals surface area contributed by atoms with E-state index in [2.05, 4.69) is 144 Å². The molecular weight excluding hydrogens is 589 g/mol. The average Bonchev–Trinajstić information content (AvgIpc) is 3.53. The average molecular weight is 637 g/mol. The lowest BCUT2D eigenvalue weighted by Crippen LogP contribution is -2.16. The highest BCUT2D eigenvalue weighted by atomic mass is 16.5. The van der Waals surface area contributed by atoms with Gasteiger partial charge in [-0.05, 0) is 111 Å². The van der Waals surface area contributed by atoms with E-state index in [9.17, 15) is 0 Å². The van der Waals surface area contributed by atoms with Crippen molar-refractivity contribution in [2.24, 2.45) is 11.8 Å². The van der Waals surface area contributed by atoms with E-state index in [4.69, 9.17) is 14.8 Å². The van der Waals surface area contributed by atoms with E-state index >= 15 is 0 Å². The maximum Gasteiger partial charge on any atom is 0.137 e. The van der Waals surface area contributed by atoms with E-state index in [0.29, 0.717) is 23.7 Å². The second kappa shape index (κ2) is 12.8. The number of aromatic nitrogens is 4. The molecule has 2 atom stereocenters. The first-order chi connectivity index (χ1) is 23.1. The van der Waals surface area contributed by atoms with Gasteiger partial charge in [0, 0.05) is 46.3 Å². The summed E-state index contributed by atoms with van der Waals surface area (Å²) in [7, 11) is 0. The monoisotopic (exact) mass is 636 g/mol. The second-order valence-corrected chi connectivity index (χ2v) is 14.6. The third-order valence-corrected chi connectivity index (χ3v) is 10.2. The van der Waals surface area contributed by atoms with Crippen LogP contribution in [0.3, 0.4) is 0 Å². The molecule has 7 rings (SSSR count). The molecule has 0 spiro atoms. The molecule has 3 aromatic carbocycles. The van der Waals surface area contributed by atoms with Crippen LogP contribution in [0.25, 0.3) is 33.3 Å². The van der Waals surface area contributed by atoms with Crippen LogP contribution < -0.4 is 4.74 Å². The van der Waals surface area contributed by atoms with E-state index in [0.717, 1.165) is 46.2 Å². The highest BCUT2D eigenvalue weighted by molar-refractivity contribution is 6.09. The van der Waals surface area contributed by atoms with Crippen LogP contribution in [0.15, 0.2) is 90.6 Å². The molecule has 5 heteroatoms. The molecule has 3 aromatic heterocycles. The van der Waals surface area contributed by atoms with Gasteiger partial charge in [-0.2, -0.15) is 5.10 Å². The van der Waals surface area contributed by atoms with Crippen molar-refractivity contribution in [3.05, 3.63) is 119 Å². The van der Waals surface area contributed by atoms with Gasteiger partial charge in [0.25, 0.3) is 0 Å². The van der Waals surface area contributed by atoms with Crippen LogP contribution in [0, 0.1) is 25.7 Å². The van der Waals surface area contributed by atoms with E-state index in [1.165, 1.54) is 51.6 Å². The Morgan fingerprint density at radius 3 is 2.42 bits per heavy atom. The normalized spacial score (nSPS) is 16.8.